The van der Waals surface area contributed by atoms with Gasteiger partial charge in [0.1, 0.15) is 23.8 Å². The lowest BCUT2D eigenvalue weighted by Crippen LogP contribution is -2.02. The number of carbonyl (C=O) groups is 1. The molecule has 1 aliphatic rings. The van der Waals surface area contributed by atoms with Crippen molar-refractivity contribution >= 4 is 5.97 Å². The Morgan fingerprint density at radius 3 is 2.88 bits per heavy atom. The highest BCUT2D eigenvalue weighted by molar-refractivity contribution is 5.70. The van der Waals surface area contributed by atoms with Crippen LogP contribution in [0, 0.1) is 0 Å². The molecule has 1 heterocycles. The average molecular weight is 329 g/mol. The SMILES string of the molecule is CCc1oc(C2CCCC2)nc1COc1cccc(CC(=O)O)c1. The lowest BCUT2D eigenvalue weighted by molar-refractivity contribution is -0.136. The predicted octanol–water partition coefficient (Wildman–Crippen LogP) is 4.10. The molecule has 0 unspecified atom stereocenters. The molecule has 0 radical (unpaired) electrons. The summed E-state index contributed by atoms with van der Waals surface area (Å²) in [6.45, 7) is 2.39. The van der Waals surface area contributed by atoms with Crippen molar-refractivity contribution in [2.45, 2.75) is 58.0 Å². The van der Waals surface area contributed by atoms with Crippen molar-refractivity contribution < 1.29 is 19.1 Å². The molecule has 1 aliphatic carbocycles. The molecule has 5 nitrogen and oxygen atoms in total. The zero-order valence-electron chi connectivity index (χ0n) is 14.0. The molecule has 0 aliphatic heterocycles. The number of hydrogen-bond acceptors (Lipinski definition) is 4. The van der Waals surface area contributed by atoms with Crippen LogP contribution >= 0.6 is 0 Å². The van der Waals surface area contributed by atoms with Gasteiger partial charge in [-0.1, -0.05) is 31.9 Å². The van der Waals surface area contributed by atoms with Crippen molar-refractivity contribution in [1.82, 2.24) is 4.98 Å². The largest absolute Gasteiger partial charge is 0.487 e. The number of aryl methyl sites for hydroxylation is 1. The Morgan fingerprint density at radius 2 is 2.17 bits per heavy atom. The molecule has 0 bridgehead atoms. The Balaban J connectivity index is 1.68. The van der Waals surface area contributed by atoms with E-state index in [9.17, 15) is 4.79 Å². The Labute approximate surface area is 141 Å². The van der Waals surface area contributed by atoms with Crippen LogP contribution in [0.2, 0.25) is 0 Å². The minimum Gasteiger partial charge on any atom is -0.487 e. The van der Waals surface area contributed by atoms with E-state index in [1.165, 1.54) is 12.8 Å². The molecule has 1 aromatic carbocycles. The lowest BCUT2D eigenvalue weighted by atomic mass is 10.1. The summed E-state index contributed by atoms with van der Waals surface area (Å²) in [5.74, 6) is 1.99. The van der Waals surface area contributed by atoms with E-state index in [1.807, 2.05) is 6.07 Å². The summed E-state index contributed by atoms with van der Waals surface area (Å²) < 4.78 is 11.8. The smallest absolute Gasteiger partial charge is 0.307 e. The fourth-order valence-corrected chi connectivity index (χ4v) is 3.21. The maximum absolute atomic E-state index is 10.8. The van der Waals surface area contributed by atoms with Crippen LogP contribution in [0.1, 0.15) is 61.4 Å². The minimum atomic E-state index is -0.849. The summed E-state index contributed by atoms with van der Waals surface area (Å²) in [7, 11) is 0. The molecule has 1 N–H and O–H groups in total. The van der Waals surface area contributed by atoms with Crippen LogP contribution in [0.5, 0.6) is 5.75 Å². The average Bonchev–Trinajstić information content (AvgIpc) is 3.21. The molecule has 0 amide bonds. The Morgan fingerprint density at radius 1 is 1.38 bits per heavy atom. The number of benzene rings is 1. The summed E-state index contributed by atoms with van der Waals surface area (Å²) in [4.78, 5) is 15.5. The standard InChI is InChI=1S/C19H23NO4/c1-2-17-16(20-19(24-17)14-7-3-4-8-14)12-23-15-9-5-6-13(10-15)11-18(21)22/h5-6,9-10,14H,2-4,7-8,11-12H2,1H3,(H,21,22). The van der Waals surface area contributed by atoms with Crippen LogP contribution in [0.25, 0.3) is 0 Å². The van der Waals surface area contributed by atoms with Crippen LogP contribution < -0.4 is 4.74 Å². The number of rotatable bonds is 7. The van der Waals surface area contributed by atoms with E-state index in [0.29, 0.717) is 18.3 Å². The van der Waals surface area contributed by atoms with Crippen molar-refractivity contribution in [2.24, 2.45) is 0 Å². The van der Waals surface area contributed by atoms with Crippen molar-refractivity contribution in [3.63, 3.8) is 0 Å². The highest BCUT2D eigenvalue weighted by atomic mass is 16.5. The van der Waals surface area contributed by atoms with Crippen molar-refractivity contribution in [3.8, 4) is 5.75 Å². The van der Waals surface area contributed by atoms with E-state index in [-0.39, 0.29) is 6.42 Å². The number of carboxylic acid groups (broad SMARTS) is 1. The number of nitrogens with zero attached hydrogens (tertiary/aromatic N) is 1. The number of hydrogen-bond donors (Lipinski definition) is 1. The van der Waals surface area contributed by atoms with Gasteiger partial charge < -0.3 is 14.3 Å². The third-order valence-electron chi connectivity index (χ3n) is 4.45. The maximum Gasteiger partial charge on any atom is 0.307 e. The van der Waals surface area contributed by atoms with E-state index in [4.69, 9.17) is 14.3 Å². The zero-order chi connectivity index (χ0) is 16.9. The van der Waals surface area contributed by atoms with Crippen molar-refractivity contribution in [2.75, 3.05) is 0 Å². The predicted molar refractivity (Wildman–Crippen MR) is 89.2 cm³/mol. The van der Waals surface area contributed by atoms with E-state index in [2.05, 4.69) is 11.9 Å². The van der Waals surface area contributed by atoms with Gasteiger partial charge >= 0.3 is 5.97 Å². The summed E-state index contributed by atoms with van der Waals surface area (Å²) in [5, 5.41) is 8.88. The molecule has 0 atom stereocenters. The maximum atomic E-state index is 10.8. The molecule has 2 aromatic rings. The van der Waals surface area contributed by atoms with Gasteiger partial charge in [0.05, 0.1) is 6.42 Å². The van der Waals surface area contributed by atoms with Gasteiger partial charge in [-0.15, -0.1) is 0 Å². The van der Waals surface area contributed by atoms with Crippen LogP contribution in [0.3, 0.4) is 0 Å². The first-order valence-corrected chi connectivity index (χ1v) is 8.57. The monoisotopic (exact) mass is 329 g/mol. The van der Waals surface area contributed by atoms with Gasteiger partial charge in [-0.25, -0.2) is 4.98 Å². The normalized spacial score (nSPS) is 14.9. The topological polar surface area (TPSA) is 72.6 Å². The van der Waals surface area contributed by atoms with Crippen LogP contribution in [-0.2, 0) is 24.2 Å². The first-order chi connectivity index (χ1) is 11.7. The molecule has 0 spiro atoms. The molecular formula is C19H23NO4. The quantitative estimate of drug-likeness (QED) is 0.828. The molecule has 24 heavy (non-hydrogen) atoms. The van der Waals surface area contributed by atoms with Gasteiger partial charge in [0.15, 0.2) is 5.89 Å². The lowest BCUT2D eigenvalue weighted by Gasteiger charge is -2.06. The second-order valence-electron chi connectivity index (χ2n) is 6.26. The molecule has 0 saturated heterocycles. The highest BCUT2D eigenvalue weighted by Crippen LogP contribution is 2.34. The summed E-state index contributed by atoms with van der Waals surface area (Å²) in [6, 6.07) is 7.18. The van der Waals surface area contributed by atoms with E-state index < -0.39 is 5.97 Å². The fourth-order valence-electron chi connectivity index (χ4n) is 3.21. The molecule has 128 valence electrons. The molecule has 3 rings (SSSR count). The Bertz CT molecular complexity index is 701. The summed E-state index contributed by atoms with van der Waals surface area (Å²) >= 11 is 0. The molecule has 1 saturated carbocycles. The van der Waals surface area contributed by atoms with E-state index in [0.717, 1.165) is 42.2 Å². The first kappa shape index (κ1) is 16.6. The highest BCUT2D eigenvalue weighted by Gasteiger charge is 2.24. The van der Waals surface area contributed by atoms with Crippen molar-refractivity contribution in [3.05, 3.63) is 47.2 Å². The van der Waals surface area contributed by atoms with Crippen LogP contribution in [0.4, 0.5) is 0 Å². The first-order valence-electron chi connectivity index (χ1n) is 8.57. The molecule has 5 heteroatoms. The summed E-state index contributed by atoms with van der Waals surface area (Å²) in [5.41, 5.74) is 1.57. The van der Waals surface area contributed by atoms with Gasteiger partial charge in [-0.3, -0.25) is 4.79 Å². The van der Waals surface area contributed by atoms with E-state index >= 15 is 0 Å². The van der Waals surface area contributed by atoms with Crippen molar-refractivity contribution in [1.29, 1.82) is 0 Å². The molecule has 1 aromatic heterocycles. The Kier molecular flexibility index (Phi) is 5.18. The third kappa shape index (κ3) is 3.96. The van der Waals surface area contributed by atoms with E-state index in [1.54, 1.807) is 18.2 Å². The number of aliphatic carboxylic acids is 1. The number of oxazole rings is 1. The minimum absolute atomic E-state index is 0.00675. The van der Waals surface area contributed by atoms with Gasteiger partial charge in [0.2, 0.25) is 0 Å². The van der Waals surface area contributed by atoms with Gasteiger partial charge in [-0.2, -0.15) is 0 Å². The van der Waals surface area contributed by atoms with Gasteiger partial charge in [0.25, 0.3) is 0 Å². The fraction of sp³-hybridized carbons (Fsp3) is 0.474. The molecular weight excluding hydrogens is 306 g/mol. The second kappa shape index (κ2) is 7.51. The van der Waals surface area contributed by atoms with Crippen LogP contribution in [-0.4, -0.2) is 16.1 Å². The molecule has 1 fully saturated rings. The zero-order valence-corrected chi connectivity index (χ0v) is 14.0. The second-order valence-corrected chi connectivity index (χ2v) is 6.26. The number of aromatic nitrogens is 1. The van der Waals surface area contributed by atoms with Gasteiger partial charge in [0, 0.05) is 12.3 Å². The third-order valence-corrected chi connectivity index (χ3v) is 4.45. The number of ether oxygens (including phenoxy) is 1. The Hall–Kier alpha value is -2.30. The van der Waals surface area contributed by atoms with Crippen LogP contribution in [0.15, 0.2) is 28.7 Å². The van der Waals surface area contributed by atoms with Gasteiger partial charge in [-0.05, 0) is 30.5 Å². The summed E-state index contributed by atoms with van der Waals surface area (Å²) in [6.07, 6.45) is 5.58. The number of carboxylic acids is 1.